The summed E-state index contributed by atoms with van der Waals surface area (Å²) < 4.78 is 5.31. The molecule has 1 aromatic rings. The van der Waals surface area contributed by atoms with E-state index in [1.165, 1.54) is 4.90 Å². The Bertz CT molecular complexity index is 801. The van der Waals surface area contributed by atoms with Gasteiger partial charge in [-0.15, -0.1) is 0 Å². The first kappa shape index (κ1) is 26.0. The van der Waals surface area contributed by atoms with Gasteiger partial charge in [0.05, 0.1) is 6.04 Å². The van der Waals surface area contributed by atoms with Crippen LogP contribution in [0.3, 0.4) is 0 Å². The standard InChI is InChI=1S/C16H22N2O3.C4H6O6/c1-16(2,3)21-14(19)10-18-13-7-5-4-6-11(13)8-9-12(17)15(18)20;5-1(3(7)8)2(6)4(9)10/h4-7,12H,8-10,17H2,1-3H3;1-2,5-6H,(H,7,8)(H,9,10)/t12-;1-,2-/m10/s1. The first-order valence-electron chi connectivity index (χ1n) is 9.43. The molecule has 0 bridgehead atoms. The summed E-state index contributed by atoms with van der Waals surface area (Å²) in [6.07, 6.45) is -3.22. The van der Waals surface area contributed by atoms with E-state index >= 15 is 0 Å². The fraction of sp³-hybridized carbons (Fsp3) is 0.500. The van der Waals surface area contributed by atoms with Crippen LogP contribution in [0.4, 0.5) is 5.69 Å². The van der Waals surface area contributed by atoms with Crippen molar-refractivity contribution in [3.8, 4) is 0 Å². The molecule has 0 radical (unpaired) electrons. The molecule has 1 aliphatic rings. The van der Waals surface area contributed by atoms with Gasteiger partial charge in [0.25, 0.3) is 0 Å². The lowest BCUT2D eigenvalue weighted by atomic mass is 10.1. The molecule has 0 spiro atoms. The molecule has 1 aromatic carbocycles. The van der Waals surface area contributed by atoms with Crippen LogP contribution in [0.1, 0.15) is 32.8 Å². The van der Waals surface area contributed by atoms with Gasteiger partial charge >= 0.3 is 17.9 Å². The summed E-state index contributed by atoms with van der Waals surface area (Å²) >= 11 is 0. The van der Waals surface area contributed by atoms with Crippen LogP contribution in [0.5, 0.6) is 0 Å². The lowest BCUT2D eigenvalue weighted by molar-refractivity contribution is -0.165. The largest absolute Gasteiger partial charge is 0.479 e. The zero-order chi connectivity index (χ0) is 23.9. The maximum atomic E-state index is 12.4. The summed E-state index contributed by atoms with van der Waals surface area (Å²) in [5, 5.41) is 32.5. The van der Waals surface area contributed by atoms with E-state index in [-0.39, 0.29) is 12.5 Å². The summed E-state index contributed by atoms with van der Waals surface area (Å²) in [6.45, 7) is 5.29. The molecule has 0 aliphatic carbocycles. The molecule has 1 heterocycles. The van der Waals surface area contributed by atoms with Crippen LogP contribution in [0.25, 0.3) is 0 Å². The smallest absolute Gasteiger partial charge is 0.335 e. The molecule has 2 rings (SSSR count). The third-order valence-electron chi connectivity index (χ3n) is 4.10. The molecule has 6 N–H and O–H groups in total. The fourth-order valence-corrected chi connectivity index (χ4v) is 2.67. The Morgan fingerprint density at radius 1 is 1.13 bits per heavy atom. The average molecular weight is 440 g/mol. The Balaban J connectivity index is 0.000000407. The number of aliphatic hydroxyl groups is 2. The monoisotopic (exact) mass is 440 g/mol. The highest BCUT2D eigenvalue weighted by atomic mass is 16.6. The minimum Gasteiger partial charge on any atom is -0.479 e. The first-order valence-corrected chi connectivity index (χ1v) is 9.43. The zero-order valence-electron chi connectivity index (χ0n) is 17.5. The highest BCUT2D eigenvalue weighted by Crippen LogP contribution is 2.26. The van der Waals surface area contributed by atoms with E-state index in [0.29, 0.717) is 6.42 Å². The number of aryl methyl sites for hydroxylation is 1. The van der Waals surface area contributed by atoms with Gasteiger partial charge < -0.3 is 30.9 Å². The molecule has 0 fully saturated rings. The molecule has 0 saturated carbocycles. The molecular formula is C20H28N2O9. The average Bonchev–Trinajstić information content (AvgIpc) is 2.78. The van der Waals surface area contributed by atoms with Gasteiger partial charge in [0.1, 0.15) is 12.1 Å². The van der Waals surface area contributed by atoms with Crippen molar-refractivity contribution >= 4 is 29.5 Å². The maximum absolute atomic E-state index is 12.4. The number of hydrogen-bond donors (Lipinski definition) is 5. The van der Waals surface area contributed by atoms with Gasteiger partial charge in [-0.1, -0.05) is 18.2 Å². The van der Waals surface area contributed by atoms with E-state index in [2.05, 4.69) is 0 Å². The van der Waals surface area contributed by atoms with E-state index < -0.39 is 41.8 Å². The second-order valence-corrected chi connectivity index (χ2v) is 7.85. The molecular weight excluding hydrogens is 412 g/mol. The van der Waals surface area contributed by atoms with Crippen molar-refractivity contribution in [2.45, 2.75) is 57.5 Å². The number of carboxylic acids is 2. The predicted molar refractivity (Wildman–Crippen MR) is 108 cm³/mol. The fourth-order valence-electron chi connectivity index (χ4n) is 2.67. The molecule has 172 valence electrons. The van der Waals surface area contributed by atoms with Gasteiger partial charge in [0, 0.05) is 5.69 Å². The molecule has 0 unspecified atom stereocenters. The summed E-state index contributed by atoms with van der Waals surface area (Å²) in [7, 11) is 0. The van der Waals surface area contributed by atoms with Gasteiger partial charge in [0.15, 0.2) is 12.2 Å². The van der Waals surface area contributed by atoms with Gasteiger partial charge in [-0.05, 0) is 45.2 Å². The van der Waals surface area contributed by atoms with Crippen LogP contribution in [-0.2, 0) is 30.3 Å². The van der Waals surface area contributed by atoms with Crippen molar-refractivity contribution < 1.29 is 44.3 Å². The summed E-state index contributed by atoms with van der Waals surface area (Å²) in [5.41, 5.74) is 7.11. The van der Waals surface area contributed by atoms with Crippen molar-refractivity contribution in [1.82, 2.24) is 0 Å². The van der Waals surface area contributed by atoms with Crippen molar-refractivity contribution in [3.63, 3.8) is 0 Å². The minimum atomic E-state index is -2.27. The Morgan fingerprint density at radius 3 is 2.13 bits per heavy atom. The summed E-state index contributed by atoms with van der Waals surface area (Å²) in [5.74, 6) is -4.20. The number of anilines is 1. The van der Waals surface area contributed by atoms with Crippen LogP contribution in [0.15, 0.2) is 24.3 Å². The number of carboxylic acid groups (broad SMARTS) is 2. The number of esters is 1. The Kier molecular flexibility index (Phi) is 9.10. The van der Waals surface area contributed by atoms with E-state index in [1.54, 1.807) is 20.8 Å². The lowest BCUT2D eigenvalue weighted by Gasteiger charge is -2.26. The molecule has 11 nitrogen and oxygen atoms in total. The summed E-state index contributed by atoms with van der Waals surface area (Å²) in [6, 6.07) is 7.00. The number of hydrogen-bond acceptors (Lipinski definition) is 8. The Labute approximate surface area is 179 Å². The number of rotatable bonds is 5. The van der Waals surface area contributed by atoms with Gasteiger partial charge in [0.2, 0.25) is 5.91 Å². The van der Waals surface area contributed by atoms with Crippen molar-refractivity contribution in [2.24, 2.45) is 5.73 Å². The number of carbonyl (C=O) groups is 4. The van der Waals surface area contributed by atoms with Crippen molar-refractivity contribution in [1.29, 1.82) is 0 Å². The lowest BCUT2D eigenvalue weighted by Crippen LogP contribution is -2.46. The van der Waals surface area contributed by atoms with Gasteiger partial charge in [-0.2, -0.15) is 0 Å². The molecule has 1 aliphatic heterocycles. The molecule has 11 heteroatoms. The third-order valence-corrected chi connectivity index (χ3v) is 4.10. The van der Waals surface area contributed by atoms with E-state index in [9.17, 15) is 19.2 Å². The van der Waals surface area contributed by atoms with Crippen molar-refractivity contribution in [3.05, 3.63) is 29.8 Å². The SMILES string of the molecule is CC(C)(C)OC(=O)CN1C(=O)[C@H](N)CCc2ccccc21.O=C(O)[C@@H](O)[C@H](O)C(=O)O. The minimum absolute atomic E-state index is 0.110. The number of fused-ring (bicyclic) bond motifs is 1. The molecule has 0 aromatic heterocycles. The quantitative estimate of drug-likeness (QED) is 0.374. The molecule has 1 amide bonds. The van der Waals surface area contributed by atoms with Crippen LogP contribution in [-0.4, -0.2) is 74.6 Å². The highest BCUT2D eigenvalue weighted by molar-refractivity contribution is 6.01. The normalized spacial score (nSPS) is 17.9. The molecule has 31 heavy (non-hydrogen) atoms. The third kappa shape index (κ3) is 7.96. The van der Waals surface area contributed by atoms with Crippen LogP contribution in [0.2, 0.25) is 0 Å². The van der Waals surface area contributed by atoms with E-state index in [0.717, 1.165) is 17.7 Å². The number of nitrogens with two attached hydrogens (primary N) is 1. The second-order valence-electron chi connectivity index (χ2n) is 7.85. The summed E-state index contributed by atoms with van der Waals surface area (Å²) in [4.78, 5) is 45.4. The van der Waals surface area contributed by atoms with E-state index in [4.69, 9.17) is 30.9 Å². The highest BCUT2D eigenvalue weighted by Gasteiger charge is 2.31. The maximum Gasteiger partial charge on any atom is 0.335 e. The van der Waals surface area contributed by atoms with Gasteiger partial charge in [-0.25, -0.2) is 9.59 Å². The second kappa shape index (κ2) is 10.8. The Hall–Kier alpha value is -3.02. The van der Waals surface area contributed by atoms with Crippen LogP contribution >= 0.6 is 0 Å². The topological polar surface area (TPSA) is 188 Å². The van der Waals surface area contributed by atoms with E-state index in [1.807, 2.05) is 24.3 Å². The number of aliphatic carboxylic acids is 2. The molecule has 0 saturated heterocycles. The first-order chi connectivity index (χ1) is 14.2. The number of amides is 1. The predicted octanol–water partition coefficient (Wildman–Crippen LogP) is -0.488. The van der Waals surface area contributed by atoms with Crippen LogP contribution in [0, 0.1) is 0 Å². The zero-order valence-corrected chi connectivity index (χ0v) is 17.5. The number of carbonyl (C=O) groups excluding carboxylic acids is 2. The van der Waals surface area contributed by atoms with Gasteiger partial charge in [-0.3, -0.25) is 14.5 Å². The molecule has 3 atom stereocenters. The number of ether oxygens (including phenoxy) is 1. The number of nitrogens with zero attached hydrogens (tertiary/aromatic N) is 1. The number of para-hydroxylation sites is 1. The van der Waals surface area contributed by atoms with Crippen LogP contribution < -0.4 is 10.6 Å². The van der Waals surface area contributed by atoms with Crippen molar-refractivity contribution in [2.75, 3.05) is 11.4 Å². The number of aliphatic hydroxyl groups excluding tert-OH is 2. The number of benzene rings is 1. The Morgan fingerprint density at radius 2 is 1.65 bits per heavy atom.